The molecule has 0 bridgehead atoms. The van der Waals surface area contributed by atoms with Crippen LogP contribution in [0.1, 0.15) is 56.5 Å². The summed E-state index contributed by atoms with van der Waals surface area (Å²) in [6.07, 6.45) is 2.03. The Morgan fingerprint density at radius 1 is 1.29 bits per heavy atom. The predicted molar refractivity (Wildman–Crippen MR) is 87.0 cm³/mol. The van der Waals surface area contributed by atoms with E-state index in [4.69, 9.17) is 0 Å². The molecular formula is C18H28N2O. The maximum absolute atomic E-state index is 12.7. The van der Waals surface area contributed by atoms with E-state index in [0.717, 1.165) is 19.4 Å². The third kappa shape index (κ3) is 3.13. The van der Waals surface area contributed by atoms with Gasteiger partial charge in [0.05, 0.1) is 6.04 Å². The fraction of sp³-hybridized carbons (Fsp3) is 0.611. The van der Waals surface area contributed by atoms with Gasteiger partial charge in [0, 0.05) is 6.54 Å². The van der Waals surface area contributed by atoms with Crippen LogP contribution in [0.25, 0.3) is 0 Å². The zero-order valence-corrected chi connectivity index (χ0v) is 13.9. The van der Waals surface area contributed by atoms with E-state index in [2.05, 4.69) is 58.1 Å². The fourth-order valence-electron chi connectivity index (χ4n) is 3.07. The molecule has 116 valence electrons. The molecule has 3 unspecified atom stereocenters. The second-order valence-corrected chi connectivity index (χ2v) is 6.32. The van der Waals surface area contributed by atoms with E-state index < -0.39 is 0 Å². The Kier molecular flexibility index (Phi) is 5.04. The Morgan fingerprint density at radius 3 is 2.62 bits per heavy atom. The van der Waals surface area contributed by atoms with Crippen molar-refractivity contribution in [2.45, 2.75) is 59.7 Å². The predicted octanol–water partition coefficient (Wildman–Crippen LogP) is 3.56. The topological polar surface area (TPSA) is 32.3 Å². The Morgan fingerprint density at radius 2 is 2.00 bits per heavy atom. The fourth-order valence-corrected chi connectivity index (χ4v) is 3.07. The molecule has 1 amide bonds. The highest BCUT2D eigenvalue weighted by Gasteiger charge is 2.41. The summed E-state index contributed by atoms with van der Waals surface area (Å²) in [4.78, 5) is 14.8. The lowest BCUT2D eigenvalue weighted by Crippen LogP contribution is -2.35. The average molecular weight is 288 g/mol. The smallest absolute Gasteiger partial charge is 0.241 e. The van der Waals surface area contributed by atoms with Crippen molar-refractivity contribution in [2.24, 2.45) is 5.92 Å². The molecule has 0 aliphatic carbocycles. The lowest BCUT2D eigenvalue weighted by atomic mass is 9.99. The molecule has 1 aliphatic heterocycles. The van der Waals surface area contributed by atoms with Gasteiger partial charge in [0.25, 0.3) is 0 Å². The molecule has 1 saturated heterocycles. The Bertz CT molecular complexity index is 512. The van der Waals surface area contributed by atoms with Gasteiger partial charge in [-0.25, -0.2) is 0 Å². The molecule has 0 aromatic heterocycles. The number of hydrogen-bond donors (Lipinski definition) is 1. The van der Waals surface area contributed by atoms with E-state index in [1.807, 2.05) is 4.90 Å². The number of benzene rings is 1. The molecule has 1 heterocycles. The maximum atomic E-state index is 12.7. The van der Waals surface area contributed by atoms with Gasteiger partial charge in [0.1, 0.15) is 6.17 Å². The van der Waals surface area contributed by atoms with E-state index in [1.165, 1.54) is 16.7 Å². The van der Waals surface area contributed by atoms with Crippen molar-refractivity contribution in [1.29, 1.82) is 0 Å². The minimum absolute atomic E-state index is 0.0244. The van der Waals surface area contributed by atoms with Crippen LogP contribution in [0, 0.1) is 19.8 Å². The van der Waals surface area contributed by atoms with Crippen molar-refractivity contribution in [2.75, 3.05) is 6.54 Å². The van der Waals surface area contributed by atoms with Crippen LogP contribution in [0.4, 0.5) is 0 Å². The summed E-state index contributed by atoms with van der Waals surface area (Å²) in [6.45, 7) is 11.5. The number of carbonyl (C=O) groups excluding carboxylic acids is 1. The molecule has 1 aromatic rings. The quantitative estimate of drug-likeness (QED) is 0.898. The lowest BCUT2D eigenvalue weighted by molar-refractivity contribution is -0.131. The number of carbonyl (C=O) groups is 1. The zero-order chi connectivity index (χ0) is 15.6. The van der Waals surface area contributed by atoms with Crippen LogP contribution in [0.2, 0.25) is 0 Å². The van der Waals surface area contributed by atoms with Gasteiger partial charge < -0.3 is 4.90 Å². The van der Waals surface area contributed by atoms with Gasteiger partial charge in [-0.1, -0.05) is 51.0 Å². The monoisotopic (exact) mass is 288 g/mol. The number of nitrogens with one attached hydrogen (secondary N) is 1. The molecule has 0 saturated carbocycles. The summed E-state index contributed by atoms with van der Waals surface area (Å²) < 4.78 is 0. The van der Waals surface area contributed by atoms with E-state index >= 15 is 0 Å². The molecule has 2 rings (SSSR count). The first-order chi connectivity index (χ1) is 9.99. The molecule has 0 radical (unpaired) electrons. The van der Waals surface area contributed by atoms with Crippen molar-refractivity contribution in [3.05, 3.63) is 34.9 Å². The Labute approximate surface area is 128 Å². The summed E-state index contributed by atoms with van der Waals surface area (Å²) in [5.41, 5.74) is 3.73. The van der Waals surface area contributed by atoms with Gasteiger partial charge in [0.15, 0.2) is 0 Å². The Hall–Kier alpha value is -1.35. The van der Waals surface area contributed by atoms with Gasteiger partial charge in [-0.3, -0.25) is 10.1 Å². The summed E-state index contributed by atoms with van der Waals surface area (Å²) in [7, 11) is 0. The molecule has 21 heavy (non-hydrogen) atoms. The van der Waals surface area contributed by atoms with Gasteiger partial charge >= 0.3 is 0 Å². The molecule has 0 spiro atoms. The van der Waals surface area contributed by atoms with Gasteiger partial charge in [-0.05, 0) is 37.3 Å². The number of amides is 1. The lowest BCUT2D eigenvalue weighted by Gasteiger charge is -2.25. The van der Waals surface area contributed by atoms with Crippen LogP contribution >= 0.6 is 0 Å². The number of nitrogens with zero attached hydrogens (tertiary/aromatic N) is 1. The van der Waals surface area contributed by atoms with E-state index in [1.54, 1.807) is 0 Å². The molecule has 1 aliphatic rings. The molecule has 1 N–H and O–H groups in total. The minimum Gasteiger partial charge on any atom is -0.322 e. The zero-order valence-electron chi connectivity index (χ0n) is 13.9. The van der Waals surface area contributed by atoms with Crippen molar-refractivity contribution < 1.29 is 4.79 Å². The minimum atomic E-state index is -0.0496. The number of aryl methyl sites for hydroxylation is 2. The molecule has 3 nitrogen and oxygen atoms in total. The van der Waals surface area contributed by atoms with Gasteiger partial charge in [0.2, 0.25) is 5.91 Å². The largest absolute Gasteiger partial charge is 0.322 e. The second kappa shape index (κ2) is 6.61. The SMILES string of the molecule is CCCN1C(=O)C(C(C)CC)NC1c1cc(C)ccc1C. The molecule has 3 heteroatoms. The van der Waals surface area contributed by atoms with Crippen LogP contribution in [0.5, 0.6) is 0 Å². The highest BCUT2D eigenvalue weighted by atomic mass is 16.2. The van der Waals surface area contributed by atoms with Gasteiger partial charge in [-0.2, -0.15) is 0 Å². The first kappa shape index (κ1) is 16.0. The summed E-state index contributed by atoms with van der Waals surface area (Å²) in [5, 5.41) is 3.59. The average Bonchev–Trinajstić information content (AvgIpc) is 2.79. The standard InChI is InChI=1S/C18H28N2O/c1-6-10-20-17(15-11-12(3)8-9-14(15)5)19-16(18(20)21)13(4)7-2/h8-9,11,13,16-17,19H,6-7,10H2,1-5H3. The summed E-state index contributed by atoms with van der Waals surface area (Å²) in [5.74, 6) is 0.629. The third-order valence-corrected chi connectivity index (χ3v) is 4.61. The third-order valence-electron chi connectivity index (χ3n) is 4.61. The first-order valence-corrected chi connectivity index (χ1v) is 8.13. The van der Waals surface area contributed by atoms with E-state index in [-0.39, 0.29) is 18.1 Å². The van der Waals surface area contributed by atoms with Crippen molar-refractivity contribution in [1.82, 2.24) is 10.2 Å². The first-order valence-electron chi connectivity index (χ1n) is 8.13. The number of rotatable bonds is 5. The number of hydrogen-bond acceptors (Lipinski definition) is 2. The van der Waals surface area contributed by atoms with Crippen molar-refractivity contribution in [3.63, 3.8) is 0 Å². The molecule has 1 fully saturated rings. The molecule has 3 atom stereocenters. The van der Waals surface area contributed by atoms with Crippen molar-refractivity contribution in [3.8, 4) is 0 Å². The van der Waals surface area contributed by atoms with E-state index in [0.29, 0.717) is 5.92 Å². The Balaban J connectivity index is 2.36. The highest BCUT2D eigenvalue weighted by Crippen LogP contribution is 2.31. The maximum Gasteiger partial charge on any atom is 0.241 e. The molecular weight excluding hydrogens is 260 g/mol. The van der Waals surface area contributed by atoms with Gasteiger partial charge in [-0.15, -0.1) is 0 Å². The normalized spacial score (nSPS) is 23.7. The van der Waals surface area contributed by atoms with E-state index in [9.17, 15) is 4.79 Å². The molecule has 1 aromatic carbocycles. The van der Waals surface area contributed by atoms with Crippen LogP contribution in [-0.4, -0.2) is 23.4 Å². The van der Waals surface area contributed by atoms with Crippen LogP contribution in [0.15, 0.2) is 18.2 Å². The van der Waals surface area contributed by atoms with Crippen molar-refractivity contribution >= 4 is 5.91 Å². The van der Waals surface area contributed by atoms with Crippen LogP contribution in [-0.2, 0) is 4.79 Å². The summed E-state index contributed by atoms with van der Waals surface area (Å²) in [6, 6.07) is 6.44. The highest BCUT2D eigenvalue weighted by molar-refractivity contribution is 5.85. The van der Waals surface area contributed by atoms with Crippen LogP contribution < -0.4 is 5.32 Å². The van der Waals surface area contributed by atoms with Crippen LogP contribution in [0.3, 0.4) is 0 Å². The summed E-state index contributed by atoms with van der Waals surface area (Å²) >= 11 is 0. The second-order valence-electron chi connectivity index (χ2n) is 6.32.